The van der Waals surface area contributed by atoms with Crippen molar-refractivity contribution in [2.24, 2.45) is 0 Å². The Labute approximate surface area is 145 Å². The second-order valence-electron chi connectivity index (χ2n) is 5.98. The molecule has 3 aromatic heterocycles. The van der Waals surface area contributed by atoms with Gasteiger partial charge in [-0.05, 0) is 43.2 Å². The van der Waals surface area contributed by atoms with Gasteiger partial charge < -0.3 is 0 Å². The van der Waals surface area contributed by atoms with Crippen molar-refractivity contribution in [3.05, 3.63) is 65.5 Å². The van der Waals surface area contributed by atoms with Crippen molar-refractivity contribution < 1.29 is 4.40 Å². The third kappa shape index (κ3) is 2.31. The maximum absolute atomic E-state index is 9.73. The number of nitrogens with zero attached hydrogens (tertiary/aromatic N) is 3. The highest BCUT2D eigenvalue weighted by molar-refractivity contribution is 5.78. The molecule has 0 saturated heterocycles. The van der Waals surface area contributed by atoms with Gasteiger partial charge in [0.15, 0.2) is 0 Å². The van der Waals surface area contributed by atoms with Crippen LogP contribution in [0, 0.1) is 18.3 Å². The van der Waals surface area contributed by atoms with Gasteiger partial charge in [0.05, 0.1) is 5.69 Å². The predicted octanol–water partition coefficient (Wildman–Crippen LogP) is 3.79. The summed E-state index contributed by atoms with van der Waals surface area (Å²) in [6.45, 7) is 4.13. The third-order valence-electron chi connectivity index (χ3n) is 4.60. The topological polar surface area (TPSA) is 68.6 Å². The van der Waals surface area contributed by atoms with Crippen LogP contribution in [0.25, 0.3) is 16.7 Å². The number of H-pyrrole nitrogens is 1. The van der Waals surface area contributed by atoms with Crippen LogP contribution in [0.2, 0.25) is 0 Å². The van der Waals surface area contributed by atoms with E-state index in [-0.39, 0.29) is 0 Å². The molecular weight excluding hydrogens is 310 g/mol. The minimum atomic E-state index is 0.688. The first-order valence-electron chi connectivity index (χ1n) is 8.29. The average Bonchev–Trinajstić information content (AvgIpc) is 3.02. The Bertz CT molecular complexity index is 1120. The molecule has 0 bridgehead atoms. The first-order chi connectivity index (χ1) is 12.2. The molecule has 4 rings (SSSR count). The fourth-order valence-electron chi connectivity index (χ4n) is 3.40. The summed E-state index contributed by atoms with van der Waals surface area (Å²) in [5, 5.41) is 13.3. The van der Waals surface area contributed by atoms with Crippen LogP contribution in [-0.2, 0) is 6.42 Å². The van der Waals surface area contributed by atoms with E-state index in [1.165, 1.54) is 0 Å². The second kappa shape index (κ2) is 5.91. The molecule has 0 spiro atoms. The van der Waals surface area contributed by atoms with E-state index in [9.17, 15) is 5.26 Å². The van der Waals surface area contributed by atoms with Gasteiger partial charge in [-0.3, -0.25) is 15.3 Å². The number of pyridine rings is 2. The number of aromatic amines is 1. The van der Waals surface area contributed by atoms with Crippen LogP contribution < -0.4 is 9.72 Å². The third-order valence-corrected chi connectivity index (χ3v) is 4.60. The number of nitriles is 1. The molecule has 122 valence electrons. The summed E-state index contributed by atoms with van der Waals surface area (Å²) < 4.78 is 2.11. The number of para-hydroxylation sites is 2. The Morgan fingerprint density at radius 1 is 1.20 bits per heavy atom. The van der Waals surface area contributed by atoms with Crippen molar-refractivity contribution >= 4 is 28.2 Å². The molecule has 0 saturated carbocycles. The van der Waals surface area contributed by atoms with Gasteiger partial charge in [-0.15, -0.1) is 0 Å². The Hall–Kier alpha value is -3.39. The van der Waals surface area contributed by atoms with Crippen LogP contribution >= 0.6 is 0 Å². The highest BCUT2D eigenvalue weighted by atomic mass is 15.1. The summed E-state index contributed by atoms with van der Waals surface area (Å²) in [6.07, 6.45) is 4.36. The standard InChI is InChI=1S/C20H17N5/c1-3-15-13(2)16(12-21)20-24-17-6-4-5-7-18(17)25(20)19(15)23-14-8-10-22-11-9-14/h4-11H,3H2,1-2H3,(H,22,23,24)/p+1. The fraction of sp³-hybridized carbons (Fsp3) is 0.150. The minimum absolute atomic E-state index is 0.688. The molecule has 4 aromatic rings. The Kier molecular flexibility index (Phi) is 3.58. The monoisotopic (exact) mass is 328 g/mol. The van der Waals surface area contributed by atoms with E-state index < -0.39 is 0 Å². The zero-order valence-electron chi connectivity index (χ0n) is 14.2. The van der Waals surface area contributed by atoms with Crippen molar-refractivity contribution in [3.8, 4) is 6.07 Å². The predicted molar refractivity (Wildman–Crippen MR) is 97.8 cm³/mol. The van der Waals surface area contributed by atoms with Crippen molar-refractivity contribution in [1.82, 2.24) is 9.97 Å². The van der Waals surface area contributed by atoms with E-state index in [4.69, 9.17) is 0 Å². The maximum atomic E-state index is 9.73. The normalized spacial score (nSPS) is 10.9. The molecule has 2 N–H and O–H groups in total. The van der Waals surface area contributed by atoms with E-state index in [1.807, 2.05) is 37.3 Å². The first-order valence-corrected chi connectivity index (χ1v) is 8.29. The zero-order chi connectivity index (χ0) is 17.4. The van der Waals surface area contributed by atoms with Crippen LogP contribution in [0.15, 0.2) is 48.8 Å². The number of hydrogen-bond donors (Lipinski definition) is 2. The Morgan fingerprint density at radius 2 is 1.96 bits per heavy atom. The molecule has 0 unspecified atom stereocenters. The second-order valence-corrected chi connectivity index (χ2v) is 5.98. The van der Waals surface area contributed by atoms with Crippen molar-refractivity contribution in [3.63, 3.8) is 0 Å². The van der Waals surface area contributed by atoms with Crippen molar-refractivity contribution in [1.29, 1.82) is 5.26 Å². The van der Waals surface area contributed by atoms with Crippen LogP contribution in [-0.4, -0.2) is 9.97 Å². The van der Waals surface area contributed by atoms with E-state index >= 15 is 0 Å². The Balaban J connectivity index is 2.13. The molecule has 0 aliphatic carbocycles. The number of nitrogens with one attached hydrogen (secondary N) is 2. The lowest BCUT2D eigenvalue weighted by Crippen LogP contribution is -2.28. The molecule has 1 aromatic carbocycles. The number of rotatable bonds is 3. The largest absolute Gasteiger partial charge is 0.273 e. The molecular formula is C20H18N5+. The van der Waals surface area contributed by atoms with Gasteiger partial charge in [0, 0.05) is 18.0 Å². The molecule has 0 amide bonds. The van der Waals surface area contributed by atoms with Crippen LogP contribution in [0.4, 0.5) is 11.5 Å². The summed E-state index contributed by atoms with van der Waals surface area (Å²) in [4.78, 5) is 7.48. The quantitative estimate of drug-likeness (QED) is 0.562. The molecule has 0 aliphatic rings. The molecule has 0 radical (unpaired) electrons. The molecule has 25 heavy (non-hydrogen) atoms. The van der Waals surface area contributed by atoms with Crippen LogP contribution in [0.5, 0.6) is 0 Å². The number of fused-ring (bicyclic) bond motifs is 3. The van der Waals surface area contributed by atoms with Gasteiger partial charge in [-0.25, -0.2) is 0 Å². The van der Waals surface area contributed by atoms with Gasteiger partial charge >= 0.3 is 0 Å². The number of benzene rings is 1. The molecule has 5 nitrogen and oxygen atoms in total. The van der Waals surface area contributed by atoms with E-state index in [2.05, 4.69) is 38.7 Å². The van der Waals surface area contributed by atoms with E-state index in [1.54, 1.807) is 12.4 Å². The molecule has 0 aliphatic heterocycles. The lowest BCUT2D eigenvalue weighted by Gasteiger charge is -2.12. The van der Waals surface area contributed by atoms with Crippen LogP contribution in [0.3, 0.4) is 0 Å². The summed E-state index contributed by atoms with van der Waals surface area (Å²) in [5.41, 5.74) is 6.66. The summed E-state index contributed by atoms with van der Waals surface area (Å²) in [7, 11) is 0. The highest BCUT2D eigenvalue weighted by Gasteiger charge is 2.24. The SMILES string of the molecule is CCc1c(C)c(C#N)c2[nH]c3ccccc3[n+]2c1Nc1ccncc1. The average molecular weight is 328 g/mol. The Morgan fingerprint density at radius 3 is 2.68 bits per heavy atom. The number of aromatic nitrogens is 3. The highest BCUT2D eigenvalue weighted by Crippen LogP contribution is 2.27. The fourth-order valence-corrected chi connectivity index (χ4v) is 3.40. The van der Waals surface area contributed by atoms with Crippen LogP contribution in [0.1, 0.15) is 23.6 Å². The molecule has 0 atom stereocenters. The lowest BCUT2D eigenvalue weighted by atomic mass is 10.0. The molecule has 5 heteroatoms. The van der Waals surface area contributed by atoms with Gasteiger partial charge in [-0.1, -0.05) is 19.1 Å². The summed E-state index contributed by atoms with van der Waals surface area (Å²) in [5.74, 6) is 0.984. The number of anilines is 2. The van der Waals surface area contributed by atoms with Gasteiger partial charge in [0.25, 0.3) is 0 Å². The summed E-state index contributed by atoms with van der Waals surface area (Å²) in [6, 6.07) is 14.3. The van der Waals surface area contributed by atoms with Gasteiger partial charge in [0.1, 0.15) is 22.7 Å². The molecule has 3 heterocycles. The lowest BCUT2D eigenvalue weighted by molar-refractivity contribution is -0.465. The van der Waals surface area contributed by atoms with Crippen molar-refractivity contribution in [2.45, 2.75) is 20.3 Å². The number of imidazole rings is 1. The zero-order valence-corrected chi connectivity index (χ0v) is 14.2. The van der Waals surface area contributed by atoms with Crippen molar-refractivity contribution in [2.75, 3.05) is 5.32 Å². The first kappa shape index (κ1) is 15.2. The molecule has 0 fully saturated rings. The maximum Gasteiger partial charge on any atom is 0.250 e. The minimum Gasteiger partial charge on any atom is -0.273 e. The van der Waals surface area contributed by atoms with E-state index in [0.717, 1.165) is 45.7 Å². The smallest absolute Gasteiger partial charge is 0.250 e. The van der Waals surface area contributed by atoms with E-state index in [0.29, 0.717) is 5.56 Å². The summed E-state index contributed by atoms with van der Waals surface area (Å²) >= 11 is 0. The van der Waals surface area contributed by atoms with Gasteiger partial charge in [-0.2, -0.15) is 9.66 Å². The number of hydrogen-bond acceptors (Lipinski definition) is 3. The van der Waals surface area contributed by atoms with Gasteiger partial charge in [0.2, 0.25) is 11.5 Å².